The molecule has 1 aromatic carbocycles. The van der Waals surface area contributed by atoms with Gasteiger partial charge in [0.2, 0.25) is 0 Å². The van der Waals surface area contributed by atoms with Crippen LogP contribution in [0.2, 0.25) is 0 Å². The van der Waals surface area contributed by atoms with E-state index >= 15 is 0 Å². The van der Waals surface area contributed by atoms with Crippen LogP contribution in [0, 0.1) is 0 Å². The van der Waals surface area contributed by atoms with E-state index in [2.05, 4.69) is 0 Å². The van der Waals surface area contributed by atoms with Gasteiger partial charge in [0.25, 0.3) is 0 Å². The van der Waals surface area contributed by atoms with Gasteiger partial charge in [0.1, 0.15) is 6.10 Å². The average Bonchev–Trinajstić information content (AvgIpc) is 2.52. The maximum Gasteiger partial charge on any atom is 0.113 e. The van der Waals surface area contributed by atoms with E-state index in [1.165, 1.54) is 0 Å². The number of rotatable bonds is 3. The summed E-state index contributed by atoms with van der Waals surface area (Å²) >= 11 is 0. The molecule has 0 aliphatic heterocycles. The van der Waals surface area contributed by atoms with Crippen LogP contribution in [0.1, 0.15) is 18.4 Å². The molecule has 0 heterocycles. The van der Waals surface area contributed by atoms with Crippen LogP contribution in [-0.4, -0.2) is 40.6 Å². The second-order valence-corrected chi connectivity index (χ2v) is 5.15. The van der Waals surface area contributed by atoms with E-state index in [-0.39, 0.29) is 0 Å². The third-order valence-corrected chi connectivity index (χ3v) is 3.67. The first-order valence-corrected chi connectivity index (χ1v) is 6.62. The number of aliphatic hydroxyl groups excluding tert-OH is 2. The second-order valence-electron chi connectivity index (χ2n) is 5.15. The number of hydrogen-bond acceptors (Lipinski definition) is 5. The minimum absolute atomic E-state index is 0.319. The summed E-state index contributed by atoms with van der Waals surface area (Å²) in [6.45, 7) is 0.319. The molecular weight excluding hydrogens is 244 g/mol. The van der Waals surface area contributed by atoms with E-state index in [4.69, 9.17) is 16.2 Å². The Labute approximate surface area is 113 Å². The van der Waals surface area contributed by atoms with E-state index in [1.54, 1.807) is 0 Å². The highest BCUT2D eigenvalue weighted by atomic mass is 16.5. The maximum absolute atomic E-state index is 10.1. The first-order valence-electron chi connectivity index (χ1n) is 6.62. The van der Waals surface area contributed by atoms with Crippen LogP contribution in [0.15, 0.2) is 30.3 Å². The van der Waals surface area contributed by atoms with Crippen LogP contribution >= 0.6 is 0 Å². The van der Waals surface area contributed by atoms with Crippen molar-refractivity contribution in [3.05, 3.63) is 35.9 Å². The van der Waals surface area contributed by atoms with Gasteiger partial charge in [0, 0.05) is 12.1 Å². The van der Waals surface area contributed by atoms with E-state index in [9.17, 15) is 10.2 Å². The van der Waals surface area contributed by atoms with Crippen molar-refractivity contribution < 1.29 is 14.9 Å². The van der Waals surface area contributed by atoms with Crippen molar-refractivity contribution in [2.24, 2.45) is 11.5 Å². The number of hydrogen-bond donors (Lipinski definition) is 4. The fourth-order valence-electron chi connectivity index (χ4n) is 2.38. The van der Waals surface area contributed by atoms with Crippen LogP contribution < -0.4 is 11.5 Å². The predicted octanol–water partition coefficient (Wildman–Crippen LogP) is -0.258. The molecule has 2 rings (SSSR count). The lowest BCUT2D eigenvalue weighted by atomic mass is 10.0. The minimum atomic E-state index is -0.896. The molecule has 0 spiro atoms. The molecule has 0 saturated heterocycles. The quantitative estimate of drug-likeness (QED) is 0.565. The summed E-state index contributed by atoms with van der Waals surface area (Å²) in [7, 11) is 0. The zero-order chi connectivity index (χ0) is 13.8. The molecule has 5 heteroatoms. The molecule has 1 saturated carbocycles. The first kappa shape index (κ1) is 14.4. The Morgan fingerprint density at radius 3 is 2.05 bits per heavy atom. The van der Waals surface area contributed by atoms with Gasteiger partial charge < -0.3 is 26.4 Å². The molecule has 0 radical (unpaired) electrons. The number of aliphatic hydroxyl groups is 2. The van der Waals surface area contributed by atoms with Gasteiger partial charge >= 0.3 is 0 Å². The molecule has 1 aliphatic carbocycles. The zero-order valence-electron chi connectivity index (χ0n) is 10.9. The lowest BCUT2D eigenvalue weighted by Crippen LogP contribution is -2.51. The van der Waals surface area contributed by atoms with Crippen LogP contribution in [0.5, 0.6) is 0 Å². The van der Waals surface area contributed by atoms with Crippen LogP contribution in [0.25, 0.3) is 0 Å². The van der Waals surface area contributed by atoms with Crippen molar-refractivity contribution in [1.29, 1.82) is 0 Å². The van der Waals surface area contributed by atoms with Crippen LogP contribution in [0.4, 0.5) is 0 Å². The van der Waals surface area contributed by atoms with E-state index < -0.39 is 30.4 Å². The van der Waals surface area contributed by atoms with Gasteiger partial charge in [-0.2, -0.15) is 0 Å². The molecular formula is C14H22N2O3. The maximum atomic E-state index is 10.1. The third-order valence-electron chi connectivity index (χ3n) is 3.67. The van der Waals surface area contributed by atoms with Crippen molar-refractivity contribution in [1.82, 2.24) is 0 Å². The van der Waals surface area contributed by atoms with E-state index in [0.29, 0.717) is 19.4 Å². The summed E-state index contributed by atoms with van der Waals surface area (Å²) in [4.78, 5) is 0. The number of ether oxygens (including phenoxy) is 1. The van der Waals surface area contributed by atoms with Crippen LogP contribution in [-0.2, 0) is 11.3 Å². The van der Waals surface area contributed by atoms with E-state index in [1.807, 2.05) is 30.3 Å². The smallest absolute Gasteiger partial charge is 0.113 e. The summed E-state index contributed by atoms with van der Waals surface area (Å²) in [5.74, 6) is 0. The number of benzene rings is 1. The third kappa shape index (κ3) is 3.52. The standard InChI is InChI=1S/C14H22N2O3/c15-10-6-7-11(16)13(18)14(12(10)17)19-8-9-4-2-1-3-5-9/h1-5,10-14,17-18H,6-8,15-16H2/t10-,11+,12+,13-,14?. The highest BCUT2D eigenvalue weighted by Crippen LogP contribution is 2.21. The summed E-state index contributed by atoms with van der Waals surface area (Å²) in [6, 6.07) is 8.77. The molecule has 6 N–H and O–H groups in total. The Morgan fingerprint density at radius 2 is 1.53 bits per heavy atom. The highest BCUT2D eigenvalue weighted by Gasteiger charge is 2.38. The molecule has 106 valence electrons. The Hall–Kier alpha value is -0.980. The Morgan fingerprint density at radius 1 is 1.00 bits per heavy atom. The summed E-state index contributed by atoms with van der Waals surface area (Å²) < 4.78 is 5.65. The summed E-state index contributed by atoms with van der Waals surface area (Å²) in [5, 5.41) is 20.2. The zero-order valence-corrected chi connectivity index (χ0v) is 10.9. The molecule has 1 aromatic rings. The van der Waals surface area contributed by atoms with Crippen molar-refractivity contribution >= 4 is 0 Å². The average molecular weight is 266 g/mol. The summed E-state index contributed by atoms with van der Waals surface area (Å²) in [5.41, 5.74) is 12.7. The van der Waals surface area contributed by atoms with E-state index in [0.717, 1.165) is 5.56 Å². The Bertz CT molecular complexity index is 372. The van der Waals surface area contributed by atoms with Crippen LogP contribution in [0.3, 0.4) is 0 Å². The fourth-order valence-corrected chi connectivity index (χ4v) is 2.38. The minimum Gasteiger partial charge on any atom is -0.389 e. The molecule has 1 fully saturated rings. The SMILES string of the molecule is N[C@@H]1CC[C@H](N)[C@@H](O)C(OCc2ccccc2)[C@H]1O. The lowest BCUT2D eigenvalue weighted by Gasteiger charge is -2.29. The first-order chi connectivity index (χ1) is 9.09. The fraction of sp³-hybridized carbons (Fsp3) is 0.571. The Kier molecular flexibility index (Phi) is 4.90. The molecule has 0 aromatic heterocycles. The molecule has 0 amide bonds. The van der Waals surface area contributed by atoms with Crippen molar-refractivity contribution in [2.45, 2.75) is 49.8 Å². The normalized spacial score (nSPS) is 35.9. The summed E-state index contributed by atoms with van der Waals surface area (Å²) in [6.07, 6.45) is -1.36. The molecule has 1 unspecified atom stereocenters. The predicted molar refractivity (Wildman–Crippen MR) is 72.2 cm³/mol. The Balaban J connectivity index is 2.02. The lowest BCUT2D eigenvalue weighted by molar-refractivity contribution is -0.111. The van der Waals surface area contributed by atoms with Gasteiger partial charge in [0.15, 0.2) is 0 Å². The van der Waals surface area contributed by atoms with Gasteiger partial charge in [0.05, 0.1) is 18.8 Å². The second kappa shape index (κ2) is 6.45. The molecule has 19 heavy (non-hydrogen) atoms. The molecule has 5 atom stereocenters. The highest BCUT2D eigenvalue weighted by molar-refractivity contribution is 5.13. The molecule has 5 nitrogen and oxygen atoms in total. The largest absolute Gasteiger partial charge is 0.389 e. The van der Waals surface area contributed by atoms with Crippen molar-refractivity contribution in [3.8, 4) is 0 Å². The topological polar surface area (TPSA) is 102 Å². The van der Waals surface area contributed by atoms with Gasteiger partial charge in [-0.15, -0.1) is 0 Å². The van der Waals surface area contributed by atoms with Crippen molar-refractivity contribution in [3.63, 3.8) is 0 Å². The molecule has 0 bridgehead atoms. The molecule has 1 aliphatic rings. The van der Waals surface area contributed by atoms with Gasteiger partial charge in [-0.1, -0.05) is 30.3 Å². The van der Waals surface area contributed by atoms with Gasteiger partial charge in [-0.3, -0.25) is 0 Å². The van der Waals surface area contributed by atoms with Gasteiger partial charge in [-0.05, 0) is 18.4 Å². The van der Waals surface area contributed by atoms with Gasteiger partial charge in [-0.25, -0.2) is 0 Å². The monoisotopic (exact) mass is 266 g/mol. The number of nitrogens with two attached hydrogens (primary N) is 2. The van der Waals surface area contributed by atoms with Crippen molar-refractivity contribution in [2.75, 3.05) is 0 Å².